The van der Waals surface area contributed by atoms with Gasteiger partial charge in [-0.25, -0.2) is 0 Å². The van der Waals surface area contributed by atoms with E-state index in [1.54, 1.807) is 12.1 Å². The van der Waals surface area contributed by atoms with Crippen LogP contribution in [-0.2, 0) is 0 Å². The van der Waals surface area contributed by atoms with Crippen molar-refractivity contribution in [3.05, 3.63) is 24.3 Å². The summed E-state index contributed by atoms with van der Waals surface area (Å²) in [7, 11) is 0. The van der Waals surface area contributed by atoms with Gasteiger partial charge in [0.05, 0.1) is 0 Å². The van der Waals surface area contributed by atoms with Crippen molar-refractivity contribution in [2.45, 2.75) is 27.3 Å². The average Bonchev–Trinajstić information content (AvgIpc) is 2.20. The molecule has 74 valence electrons. The quantitative estimate of drug-likeness (QED) is 0.816. The number of aliphatic hydroxyl groups is 1. The standard InChI is InChI=1S/C6H5O.C5H10O.In/c7-6-4-2-1-3-5-6;1-2-3-4-5-6;/h2-5,7H;5-6H,1-4H2;. The topological polar surface area (TPSA) is 40.5 Å². The maximum atomic E-state index is 9.92. The van der Waals surface area contributed by atoms with Crippen LogP contribution in [0.4, 0.5) is 0 Å². The van der Waals surface area contributed by atoms with E-state index in [4.69, 9.17) is 0 Å². The molecule has 1 saturated heterocycles. The van der Waals surface area contributed by atoms with Crippen LogP contribution in [0.25, 0.3) is 0 Å². The van der Waals surface area contributed by atoms with Gasteiger partial charge in [0.1, 0.15) is 0 Å². The number of hydrogen-bond acceptors (Lipinski definition) is 2. The summed E-state index contributed by atoms with van der Waals surface area (Å²) in [6.07, 6.45) is 3.48. The van der Waals surface area contributed by atoms with Gasteiger partial charge in [-0.2, -0.15) is 0 Å². The second-order valence-corrected chi connectivity index (χ2v) is 13.3. The second-order valence-electron chi connectivity index (χ2n) is 4.05. The van der Waals surface area contributed by atoms with E-state index in [0.717, 1.165) is 6.42 Å². The van der Waals surface area contributed by atoms with E-state index >= 15 is 0 Å². The second kappa shape index (κ2) is 4.58. The molecule has 0 bridgehead atoms. The van der Waals surface area contributed by atoms with E-state index in [9.17, 15) is 10.2 Å². The third-order valence-electron chi connectivity index (χ3n) is 3.05. The van der Waals surface area contributed by atoms with Crippen LogP contribution in [0.1, 0.15) is 19.3 Å². The molecule has 14 heavy (non-hydrogen) atoms. The molecule has 1 heterocycles. The summed E-state index contributed by atoms with van der Waals surface area (Å²) in [5.41, 5.74) is 0. The average molecular weight is 294 g/mol. The molecule has 1 aliphatic rings. The number of hydrogen-bond donors (Lipinski definition) is 2. The predicted molar refractivity (Wildman–Crippen MR) is 58.2 cm³/mol. The number of phenols is 1. The Morgan fingerprint density at radius 3 is 2.50 bits per heavy atom. The molecule has 0 aliphatic carbocycles. The van der Waals surface area contributed by atoms with Gasteiger partial charge in [-0.3, -0.25) is 0 Å². The van der Waals surface area contributed by atoms with Crippen molar-refractivity contribution in [2.24, 2.45) is 0 Å². The summed E-state index contributed by atoms with van der Waals surface area (Å²) < 4.78 is 2.64. The molecule has 0 radical (unpaired) electrons. The zero-order chi connectivity index (χ0) is 9.97. The van der Waals surface area contributed by atoms with Gasteiger partial charge in [0.15, 0.2) is 0 Å². The van der Waals surface area contributed by atoms with Crippen LogP contribution in [-0.4, -0.2) is 35.5 Å². The van der Waals surface area contributed by atoms with Gasteiger partial charge in [0.2, 0.25) is 0 Å². The van der Waals surface area contributed by atoms with Gasteiger partial charge < -0.3 is 0 Å². The first-order valence-corrected chi connectivity index (χ1v) is 11.1. The molecular weight excluding hydrogens is 279 g/mol. The van der Waals surface area contributed by atoms with E-state index in [-0.39, 0.29) is 3.86 Å². The Balaban J connectivity index is 2.16. The van der Waals surface area contributed by atoms with Crippen molar-refractivity contribution in [3.8, 4) is 5.75 Å². The van der Waals surface area contributed by atoms with Gasteiger partial charge in [0.25, 0.3) is 0 Å². The third kappa shape index (κ3) is 2.26. The minimum atomic E-state index is -1.88. The number of aliphatic hydroxyl groups excluding tert-OH is 1. The van der Waals surface area contributed by atoms with Crippen molar-refractivity contribution in [1.29, 1.82) is 0 Å². The molecule has 0 spiro atoms. The Labute approximate surface area is 92.1 Å². The Morgan fingerprint density at radius 1 is 1.14 bits per heavy atom. The van der Waals surface area contributed by atoms with Crippen molar-refractivity contribution in [1.82, 2.24) is 0 Å². The van der Waals surface area contributed by atoms with E-state index in [1.165, 1.54) is 20.3 Å². The van der Waals surface area contributed by atoms with E-state index < -0.39 is 21.4 Å². The van der Waals surface area contributed by atoms with E-state index in [1.807, 2.05) is 12.1 Å². The van der Waals surface area contributed by atoms with Crippen LogP contribution < -0.4 is 3.32 Å². The SMILES string of the molecule is Oc1cc[c]([In]2[CH2]CCC[CH]2O)cc1. The number of phenolic OH excluding ortho intramolecular Hbond substituents is 1. The van der Waals surface area contributed by atoms with E-state index in [2.05, 4.69) is 0 Å². The molecule has 0 aromatic heterocycles. The first-order chi connectivity index (χ1) is 6.77. The Hall–Kier alpha value is -0.150. The van der Waals surface area contributed by atoms with Gasteiger partial charge in [-0.05, 0) is 0 Å². The predicted octanol–water partition coefficient (Wildman–Crippen LogP) is 1.18. The van der Waals surface area contributed by atoms with E-state index in [0.29, 0.717) is 5.75 Å². The molecule has 0 amide bonds. The van der Waals surface area contributed by atoms with Crippen LogP contribution in [0.3, 0.4) is 0 Å². The Kier molecular flexibility index (Phi) is 3.39. The zero-order valence-corrected chi connectivity index (χ0v) is 11.5. The summed E-state index contributed by atoms with van der Waals surface area (Å²) in [6.45, 7) is 0. The molecule has 1 aromatic carbocycles. The number of benzene rings is 1. The van der Waals surface area contributed by atoms with Gasteiger partial charge in [-0.15, -0.1) is 0 Å². The van der Waals surface area contributed by atoms with Gasteiger partial charge >= 0.3 is 92.3 Å². The molecule has 2 rings (SSSR count). The molecule has 3 heteroatoms. The summed E-state index contributed by atoms with van der Waals surface area (Å²) in [5, 5.41) is 19.1. The van der Waals surface area contributed by atoms with Crippen LogP contribution in [0.15, 0.2) is 24.3 Å². The van der Waals surface area contributed by atoms with Gasteiger partial charge in [0, 0.05) is 0 Å². The first-order valence-electron chi connectivity index (χ1n) is 5.24. The fraction of sp³-hybridized carbons (Fsp3) is 0.455. The molecule has 1 aliphatic heterocycles. The molecule has 1 aromatic rings. The number of rotatable bonds is 1. The summed E-state index contributed by atoms with van der Waals surface area (Å²) in [6, 6.07) is 7.50. The molecule has 1 unspecified atom stereocenters. The molecule has 1 atom stereocenters. The summed E-state index contributed by atoms with van der Waals surface area (Å²) in [5.74, 6) is 0.324. The van der Waals surface area contributed by atoms with Crippen LogP contribution in [0, 0.1) is 0 Å². The minimum absolute atomic E-state index is 0.00935. The van der Waals surface area contributed by atoms with Crippen molar-refractivity contribution < 1.29 is 10.2 Å². The fourth-order valence-corrected chi connectivity index (χ4v) is 11.4. The molecule has 2 nitrogen and oxygen atoms in total. The molecular formula is C11H15InO2. The van der Waals surface area contributed by atoms with Crippen molar-refractivity contribution in [3.63, 3.8) is 0 Å². The van der Waals surface area contributed by atoms with Crippen LogP contribution >= 0.6 is 0 Å². The summed E-state index contributed by atoms with van der Waals surface area (Å²) >= 11 is -1.88. The normalized spacial score (nSPS) is 22.4. The summed E-state index contributed by atoms with van der Waals surface area (Å²) in [4.78, 5) is 0. The van der Waals surface area contributed by atoms with Gasteiger partial charge in [-0.1, -0.05) is 0 Å². The number of aromatic hydroxyl groups is 1. The third-order valence-corrected chi connectivity index (χ3v) is 13.1. The monoisotopic (exact) mass is 294 g/mol. The van der Waals surface area contributed by atoms with Crippen LogP contribution in [0.2, 0.25) is 4.18 Å². The molecule has 0 saturated carbocycles. The fourth-order valence-electron chi connectivity index (χ4n) is 2.22. The van der Waals surface area contributed by atoms with Crippen molar-refractivity contribution >= 4 is 24.8 Å². The Bertz CT molecular complexity index is 297. The maximum absolute atomic E-state index is 9.92. The zero-order valence-electron chi connectivity index (χ0n) is 8.19. The Morgan fingerprint density at radius 2 is 1.86 bits per heavy atom. The first kappa shape index (κ1) is 10.4. The van der Waals surface area contributed by atoms with Crippen LogP contribution in [0.5, 0.6) is 5.75 Å². The molecule has 2 N–H and O–H groups in total. The van der Waals surface area contributed by atoms with Crippen molar-refractivity contribution in [2.75, 3.05) is 0 Å². The molecule has 1 fully saturated rings.